The Balaban J connectivity index is 1.56. The molecule has 2 aromatic carbocycles. The second-order valence-electron chi connectivity index (χ2n) is 6.29. The first-order chi connectivity index (χ1) is 12.4. The van der Waals surface area contributed by atoms with E-state index in [0.717, 1.165) is 25.2 Å². The molecule has 0 unspecified atom stereocenters. The number of halogens is 2. The van der Waals surface area contributed by atoms with Gasteiger partial charge in [-0.1, -0.05) is 35.3 Å². The van der Waals surface area contributed by atoms with Crippen LogP contribution < -0.4 is 5.73 Å². The first kappa shape index (κ1) is 18.7. The molecule has 1 heterocycles. The molecule has 0 spiro atoms. The first-order valence-electron chi connectivity index (χ1n) is 8.29. The van der Waals surface area contributed by atoms with Crippen LogP contribution in [0.15, 0.2) is 42.5 Å². The average Bonchev–Trinajstić information content (AvgIpc) is 2.61. The van der Waals surface area contributed by atoms with Crippen LogP contribution in [-0.2, 0) is 6.54 Å². The van der Waals surface area contributed by atoms with Gasteiger partial charge in [0, 0.05) is 53.9 Å². The van der Waals surface area contributed by atoms with Crippen molar-refractivity contribution in [1.29, 1.82) is 0 Å². The molecule has 1 saturated heterocycles. The van der Waals surface area contributed by atoms with Crippen molar-refractivity contribution >= 4 is 35.0 Å². The lowest BCUT2D eigenvalue weighted by Gasteiger charge is -2.34. The van der Waals surface area contributed by atoms with Crippen molar-refractivity contribution in [2.45, 2.75) is 6.54 Å². The number of amides is 2. The van der Waals surface area contributed by atoms with Crippen LogP contribution in [0.2, 0.25) is 10.0 Å². The number of nitrogens with zero attached hydrogens (tertiary/aromatic N) is 2. The molecule has 0 radical (unpaired) electrons. The lowest BCUT2D eigenvalue weighted by Crippen LogP contribution is -2.48. The van der Waals surface area contributed by atoms with Gasteiger partial charge in [-0.25, -0.2) is 0 Å². The zero-order chi connectivity index (χ0) is 18.7. The first-order valence-corrected chi connectivity index (χ1v) is 9.04. The normalized spacial score (nSPS) is 15.1. The van der Waals surface area contributed by atoms with Gasteiger partial charge in [0.05, 0.1) is 0 Å². The van der Waals surface area contributed by atoms with E-state index in [1.807, 2.05) is 17.0 Å². The van der Waals surface area contributed by atoms with Crippen LogP contribution in [0.1, 0.15) is 26.3 Å². The van der Waals surface area contributed by atoms with Crippen LogP contribution in [0, 0.1) is 0 Å². The minimum Gasteiger partial charge on any atom is -0.366 e. The Bertz CT molecular complexity index is 796. The van der Waals surface area contributed by atoms with Crippen LogP contribution in [0.3, 0.4) is 0 Å². The number of hydrogen-bond acceptors (Lipinski definition) is 3. The molecule has 2 N–H and O–H groups in total. The largest absolute Gasteiger partial charge is 0.366 e. The van der Waals surface area contributed by atoms with Gasteiger partial charge < -0.3 is 10.6 Å². The van der Waals surface area contributed by atoms with Crippen LogP contribution >= 0.6 is 23.2 Å². The Morgan fingerprint density at radius 3 is 2.00 bits per heavy atom. The third-order valence-corrected chi connectivity index (χ3v) is 4.85. The number of carbonyl (C=O) groups is 2. The Hall–Kier alpha value is -2.08. The summed E-state index contributed by atoms with van der Waals surface area (Å²) in [4.78, 5) is 27.8. The van der Waals surface area contributed by atoms with Gasteiger partial charge in [-0.3, -0.25) is 14.5 Å². The lowest BCUT2D eigenvalue weighted by molar-refractivity contribution is 0.0628. The van der Waals surface area contributed by atoms with Crippen molar-refractivity contribution in [2.24, 2.45) is 5.73 Å². The Morgan fingerprint density at radius 1 is 0.885 bits per heavy atom. The molecule has 1 aliphatic rings. The van der Waals surface area contributed by atoms with Crippen LogP contribution in [0.5, 0.6) is 0 Å². The smallest absolute Gasteiger partial charge is 0.254 e. The molecule has 2 aromatic rings. The van der Waals surface area contributed by atoms with Gasteiger partial charge in [0.15, 0.2) is 0 Å². The van der Waals surface area contributed by atoms with E-state index >= 15 is 0 Å². The second-order valence-corrected chi connectivity index (χ2v) is 7.16. The number of carbonyl (C=O) groups excluding carboxylic acids is 2. The van der Waals surface area contributed by atoms with Crippen molar-refractivity contribution in [2.75, 3.05) is 26.2 Å². The van der Waals surface area contributed by atoms with Gasteiger partial charge in [0.2, 0.25) is 5.91 Å². The summed E-state index contributed by atoms with van der Waals surface area (Å²) in [6, 6.07) is 12.2. The molecule has 1 aliphatic heterocycles. The summed E-state index contributed by atoms with van der Waals surface area (Å²) in [5.41, 5.74) is 7.38. The maximum atomic E-state index is 12.6. The molecule has 0 aliphatic carbocycles. The molecule has 1 fully saturated rings. The predicted octanol–water partition coefficient (Wildman–Crippen LogP) is 3.05. The molecule has 0 saturated carbocycles. The minimum absolute atomic E-state index is 0.0557. The van der Waals surface area contributed by atoms with E-state index in [1.54, 1.807) is 30.3 Å². The van der Waals surface area contributed by atoms with Gasteiger partial charge in [-0.2, -0.15) is 0 Å². The highest BCUT2D eigenvalue weighted by Gasteiger charge is 2.22. The molecule has 0 aromatic heterocycles. The van der Waals surface area contributed by atoms with Gasteiger partial charge in [0.25, 0.3) is 5.91 Å². The van der Waals surface area contributed by atoms with Crippen molar-refractivity contribution < 1.29 is 9.59 Å². The second kappa shape index (κ2) is 8.08. The fourth-order valence-corrected chi connectivity index (χ4v) is 3.53. The summed E-state index contributed by atoms with van der Waals surface area (Å²) in [5, 5.41) is 0.915. The summed E-state index contributed by atoms with van der Waals surface area (Å²) >= 11 is 12.0. The Kier molecular flexibility index (Phi) is 5.81. The van der Waals surface area contributed by atoms with E-state index in [2.05, 4.69) is 4.90 Å². The molecule has 26 heavy (non-hydrogen) atoms. The zero-order valence-corrected chi connectivity index (χ0v) is 15.6. The maximum absolute atomic E-state index is 12.6. The summed E-state index contributed by atoms with van der Waals surface area (Å²) < 4.78 is 0. The molecule has 3 rings (SSSR count). The van der Waals surface area contributed by atoms with Crippen molar-refractivity contribution in [3.63, 3.8) is 0 Å². The summed E-state index contributed by atoms with van der Waals surface area (Å²) in [6.07, 6.45) is 0. The topological polar surface area (TPSA) is 66.6 Å². The zero-order valence-electron chi connectivity index (χ0n) is 14.1. The number of primary amides is 1. The van der Waals surface area contributed by atoms with Gasteiger partial charge >= 0.3 is 0 Å². The fraction of sp³-hybridized carbons (Fsp3) is 0.263. The lowest BCUT2D eigenvalue weighted by atomic mass is 10.1. The quantitative estimate of drug-likeness (QED) is 0.870. The number of rotatable bonds is 4. The Labute approximate surface area is 162 Å². The number of benzene rings is 2. The summed E-state index contributed by atoms with van der Waals surface area (Å²) in [6.45, 7) is 3.60. The molecule has 136 valence electrons. The molecular formula is C19H19Cl2N3O2. The van der Waals surface area contributed by atoms with E-state index < -0.39 is 5.91 Å². The SMILES string of the molecule is NC(=O)c1ccc(CN2CCN(C(=O)c3cc(Cl)cc(Cl)c3)CC2)cc1. The molecule has 7 heteroatoms. The highest BCUT2D eigenvalue weighted by molar-refractivity contribution is 6.35. The third kappa shape index (κ3) is 4.55. The van der Waals surface area contributed by atoms with Crippen LogP contribution in [-0.4, -0.2) is 47.8 Å². The van der Waals surface area contributed by atoms with E-state index in [-0.39, 0.29) is 5.91 Å². The molecule has 0 bridgehead atoms. The minimum atomic E-state index is -0.426. The molecule has 0 atom stereocenters. The number of piperazine rings is 1. The predicted molar refractivity (Wildman–Crippen MR) is 103 cm³/mol. The van der Waals surface area contributed by atoms with E-state index in [9.17, 15) is 9.59 Å². The highest BCUT2D eigenvalue weighted by Crippen LogP contribution is 2.21. The van der Waals surface area contributed by atoms with Gasteiger partial charge in [0.1, 0.15) is 0 Å². The molecular weight excluding hydrogens is 373 g/mol. The number of hydrogen-bond donors (Lipinski definition) is 1. The fourth-order valence-electron chi connectivity index (χ4n) is 3.00. The maximum Gasteiger partial charge on any atom is 0.254 e. The van der Waals surface area contributed by atoms with Crippen molar-refractivity contribution in [3.8, 4) is 0 Å². The van der Waals surface area contributed by atoms with Gasteiger partial charge in [-0.05, 0) is 35.9 Å². The molecule has 2 amide bonds. The van der Waals surface area contributed by atoms with Crippen molar-refractivity contribution in [1.82, 2.24) is 9.80 Å². The average molecular weight is 392 g/mol. The number of nitrogens with two attached hydrogens (primary N) is 1. The van der Waals surface area contributed by atoms with E-state index in [0.29, 0.717) is 34.3 Å². The Morgan fingerprint density at radius 2 is 1.46 bits per heavy atom. The summed E-state index contributed by atoms with van der Waals surface area (Å²) in [7, 11) is 0. The molecule has 5 nitrogen and oxygen atoms in total. The monoisotopic (exact) mass is 391 g/mol. The van der Waals surface area contributed by atoms with Crippen LogP contribution in [0.4, 0.5) is 0 Å². The van der Waals surface area contributed by atoms with E-state index in [1.165, 1.54) is 0 Å². The summed E-state index contributed by atoms with van der Waals surface area (Å²) in [5.74, 6) is -0.482. The standard InChI is InChI=1S/C19H19Cl2N3O2/c20-16-9-15(10-17(21)11-16)19(26)24-7-5-23(6-8-24)12-13-1-3-14(4-2-13)18(22)25/h1-4,9-11H,5-8,12H2,(H2,22,25). The highest BCUT2D eigenvalue weighted by atomic mass is 35.5. The van der Waals surface area contributed by atoms with Crippen LogP contribution in [0.25, 0.3) is 0 Å². The third-order valence-electron chi connectivity index (χ3n) is 4.41. The van der Waals surface area contributed by atoms with Gasteiger partial charge in [-0.15, -0.1) is 0 Å². The van der Waals surface area contributed by atoms with E-state index in [4.69, 9.17) is 28.9 Å². The van der Waals surface area contributed by atoms with Crippen molar-refractivity contribution in [3.05, 3.63) is 69.2 Å².